The number of carbonyl (C=O) groups is 2. The number of aryl methyl sites for hydroxylation is 2. The van der Waals surface area contributed by atoms with Gasteiger partial charge >= 0.3 is 0 Å². The van der Waals surface area contributed by atoms with Gasteiger partial charge in [0.15, 0.2) is 5.78 Å². The van der Waals surface area contributed by atoms with E-state index in [2.05, 4.69) is 0 Å². The van der Waals surface area contributed by atoms with Gasteiger partial charge in [-0.25, -0.2) is 0 Å². The fourth-order valence-electron chi connectivity index (χ4n) is 3.69. The van der Waals surface area contributed by atoms with Gasteiger partial charge in [0.05, 0.1) is 5.56 Å². The Hall–Kier alpha value is -3.40. The van der Waals surface area contributed by atoms with Crippen molar-refractivity contribution in [1.82, 2.24) is 0 Å². The minimum Gasteiger partial charge on any atom is -0.507 e. The molecule has 0 saturated carbocycles. The highest BCUT2D eigenvalue weighted by Crippen LogP contribution is 2.41. The molecule has 1 N–H and O–H groups in total. The Bertz CT molecular complexity index is 1100. The number of carbonyl (C=O) groups excluding carboxylic acids is 2. The van der Waals surface area contributed by atoms with E-state index >= 15 is 0 Å². The average molecular weight is 371 g/mol. The first kappa shape index (κ1) is 18.0. The molecule has 1 aliphatic heterocycles. The second-order valence-corrected chi connectivity index (χ2v) is 7.27. The lowest BCUT2D eigenvalue weighted by molar-refractivity contribution is 0.0914. The number of benzene rings is 3. The molecule has 1 aliphatic rings. The fraction of sp³-hybridized carbons (Fsp3) is 0.167. The topological polar surface area (TPSA) is 57.6 Å². The molecule has 3 aromatic carbocycles. The maximum Gasteiger partial charge on any atom is 0.259 e. The van der Waals surface area contributed by atoms with Crippen LogP contribution in [-0.4, -0.2) is 16.8 Å². The molecule has 3 aromatic rings. The third-order valence-electron chi connectivity index (χ3n) is 5.49. The monoisotopic (exact) mass is 371 g/mol. The van der Waals surface area contributed by atoms with Gasteiger partial charge in [-0.1, -0.05) is 42.0 Å². The maximum atomic E-state index is 13.5. The second kappa shape index (κ2) is 6.64. The van der Waals surface area contributed by atoms with Crippen molar-refractivity contribution in [3.8, 4) is 5.75 Å². The largest absolute Gasteiger partial charge is 0.507 e. The van der Waals surface area contributed by atoms with Gasteiger partial charge in [0.2, 0.25) is 0 Å². The lowest BCUT2D eigenvalue weighted by atomic mass is 9.93. The zero-order valence-corrected chi connectivity index (χ0v) is 16.1. The van der Waals surface area contributed by atoms with Crippen molar-refractivity contribution in [2.45, 2.75) is 26.8 Å². The predicted molar refractivity (Wildman–Crippen MR) is 109 cm³/mol. The van der Waals surface area contributed by atoms with Crippen LogP contribution in [0.3, 0.4) is 0 Å². The second-order valence-electron chi connectivity index (χ2n) is 7.27. The predicted octanol–water partition coefficient (Wildman–Crippen LogP) is 4.90. The van der Waals surface area contributed by atoms with E-state index in [0.717, 1.165) is 11.1 Å². The van der Waals surface area contributed by atoms with Crippen molar-refractivity contribution in [2.75, 3.05) is 4.90 Å². The van der Waals surface area contributed by atoms with E-state index in [1.165, 1.54) is 4.90 Å². The lowest BCUT2D eigenvalue weighted by Crippen LogP contribution is -2.32. The minimum atomic E-state index is -0.806. The van der Waals surface area contributed by atoms with Gasteiger partial charge in [0.25, 0.3) is 5.91 Å². The van der Waals surface area contributed by atoms with Crippen LogP contribution in [0.4, 0.5) is 5.69 Å². The summed E-state index contributed by atoms with van der Waals surface area (Å²) in [7, 11) is 0. The van der Waals surface area contributed by atoms with Crippen molar-refractivity contribution in [2.24, 2.45) is 0 Å². The van der Waals surface area contributed by atoms with Gasteiger partial charge in [-0.3, -0.25) is 14.5 Å². The first-order valence-corrected chi connectivity index (χ1v) is 9.22. The van der Waals surface area contributed by atoms with E-state index < -0.39 is 6.04 Å². The summed E-state index contributed by atoms with van der Waals surface area (Å²) < 4.78 is 0. The summed E-state index contributed by atoms with van der Waals surface area (Å²) in [4.78, 5) is 28.2. The molecule has 1 atom stereocenters. The van der Waals surface area contributed by atoms with E-state index in [1.807, 2.05) is 56.3 Å². The molecular formula is C24H21NO3. The Balaban J connectivity index is 1.88. The van der Waals surface area contributed by atoms with Crippen LogP contribution in [-0.2, 0) is 0 Å². The number of nitrogens with zero attached hydrogens (tertiary/aromatic N) is 1. The number of aromatic hydroxyl groups is 1. The van der Waals surface area contributed by atoms with E-state index in [-0.39, 0.29) is 23.0 Å². The summed E-state index contributed by atoms with van der Waals surface area (Å²) in [6.45, 7) is 5.64. The number of phenolic OH excluding ortho intramolecular Hbond substituents is 1. The number of fused-ring (bicyclic) bond motifs is 1. The van der Waals surface area contributed by atoms with Gasteiger partial charge in [-0.15, -0.1) is 0 Å². The van der Waals surface area contributed by atoms with Crippen LogP contribution in [0.25, 0.3) is 0 Å². The SMILES string of the molecule is Cc1ccc(N2C(=O)c3ccccc3[C@H]2C(=O)c2ccc(C)c(C)c2O)cc1. The van der Waals surface area contributed by atoms with Gasteiger partial charge in [0, 0.05) is 11.3 Å². The smallest absolute Gasteiger partial charge is 0.259 e. The van der Waals surface area contributed by atoms with Gasteiger partial charge in [0.1, 0.15) is 11.8 Å². The van der Waals surface area contributed by atoms with E-state index in [9.17, 15) is 14.7 Å². The molecule has 0 spiro atoms. The van der Waals surface area contributed by atoms with Crippen LogP contribution in [0.15, 0.2) is 60.7 Å². The van der Waals surface area contributed by atoms with Gasteiger partial charge < -0.3 is 5.11 Å². The number of anilines is 1. The number of Topliss-reactive ketones (excluding diaryl/α,β-unsaturated/α-hetero) is 1. The molecule has 0 radical (unpaired) electrons. The average Bonchev–Trinajstić information content (AvgIpc) is 2.99. The van der Waals surface area contributed by atoms with Crippen LogP contribution < -0.4 is 4.90 Å². The molecule has 0 unspecified atom stereocenters. The summed E-state index contributed by atoms with van der Waals surface area (Å²) in [6.07, 6.45) is 0. The quantitative estimate of drug-likeness (QED) is 0.666. The fourth-order valence-corrected chi connectivity index (χ4v) is 3.69. The van der Waals surface area contributed by atoms with Crippen LogP contribution >= 0.6 is 0 Å². The first-order valence-electron chi connectivity index (χ1n) is 9.22. The Labute approximate surface area is 164 Å². The standard InChI is InChI=1S/C24H21NO3/c1-14-8-11-17(12-9-14)25-21(18-6-4-5-7-19(18)24(25)28)23(27)20-13-10-15(2)16(3)22(20)26/h4-13,21,26H,1-3H3/t21-/m0/s1. The van der Waals surface area contributed by atoms with Crippen LogP contribution in [0, 0.1) is 20.8 Å². The normalized spacial score (nSPS) is 15.6. The minimum absolute atomic E-state index is 0.0225. The summed E-state index contributed by atoms with van der Waals surface area (Å²) >= 11 is 0. The molecule has 0 aliphatic carbocycles. The van der Waals surface area contributed by atoms with Crippen LogP contribution in [0.2, 0.25) is 0 Å². The molecule has 0 fully saturated rings. The molecule has 1 heterocycles. The Morgan fingerprint density at radius 1 is 0.929 bits per heavy atom. The van der Waals surface area contributed by atoms with Crippen LogP contribution in [0.5, 0.6) is 5.75 Å². The molecule has 1 amide bonds. The lowest BCUT2D eigenvalue weighted by Gasteiger charge is -2.25. The number of phenols is 1. The molecule has 28 heavy (non-hydrogen) atoms. The first-order chi connectivity index (χ1) is 13.4. The van der Waals surface area contributed by atoms with E-state index in [0.29, 0.717) is 22.4 Å². The summed E-state index contributed by atoms with van der Waals surface area (Å²) in [5, 5.41) is 10.6. The molecular weight excluding hydrogens is 350 g/mol. The number of rotatable bonds is 3. The summed E-state index contributed by atoms with van der Waals surface area (Å²) in [6, 6.07) is 17.4. The third kappa shape index (κ3) is 2.69. The maximum absolute atomic E-state index is 13.5. The summed E-state index contributed by atoms with van der Waals surface area (Å²) in [5.74, 6) is -0.522. The Morgan fingerprint density at radius 2 is 1.61 bits per heavy atom. The van der Waals surface area contributed by atoms with Gasteiger partial charge in [-0.05, 0) is 61.7 Å². The molecule has 4 nitrogen and oxygen atoms in total. The van der Waals surface area contributed by atoms with Crippen molar-refractivity contribution < 1.29 is 14.7 Å². The molecule has 0 aromatic heterocycles. The zero-order valence-electron chi connectivity index (χ0n) is 16.1. The van der Waals surface area contributed by atoms with Crippen molar-refractivity contribution in [1.29, 1.82) is 0 Å². The highest BCUT2D eigenvalue weighted by Gasteiger charge is 2.42. The molecule has 0 bridgehead atoms. The van der Waals surface area contributed by atoms with Gasteiger partial charge in [-0.2, -0.15) is 0 Å². The third-order valence-corrected chi connectivity index (χ3v) is 5.49. The molecule has 4 heteroatoms. The number of amides is 1. The van der Waals surface area contributed by atoms with E-state index in [1.54, 1.807) is 25.1 Å². The highest BCUT2D eigenvalue weighted by atomic mass is 16.3. The zero-order chi connectivity index (χ0) is 20.0. The summed E-state index contributed by atoms with van der Waals surface area (Å²) in [5.41, 5.74) is 4.73. The number of hydrogen-bond acceptors (Lipinski definition) is 3. The number of ketones is 1. The Morgan fingerprint density at radius 3 is 2.32 bits per heavy atom. The molecule has 0 saturated heterocycles. The molecule has 140 valence electrons. The van der Waals surface area contributed by atoms with Crippen molar-refractivity contribution in [3.05, 3.63) is 94.0 Å². The van der Waals surface area contributed by atoms with Crippen molar-refractivity contribution in [3.63, 3.8) is 0 Å². The van der Waals surface area contributed by atoms with Crippen LogP contribution in [0.1, 0.15) is 49.0 Å². The van der Waals surface area contributed by atoms with Crippen molar-refractivity contribution >= 4 is 17.4 Å². The van der Waals surface area contributed by atoms with E-state index in [4.69, 9.17) is 0 Å². The molecule has 4 rings (SSSR count). The Kier molecular flexibility index (Phi) is 4.27. The highest BCUT2D eigenvalue weighted by molar-refractivity contribution is 6.19. The number of hydrogen-bond donors (Lipinski definition) is 1.